The second-order valence-corrected chi connectivity index (χ2v) is 10.5. The number of anilines is 1. The maximum atomic E-state index is 10.6. The van der Waals surface area contributed by atoms with Crippen LogP contribution in [0.4, 0.5) is 5.69 Å². The molecule has 0 bridgehead atoms. The Morgan fingerprint density at radius 2 is 1.73 bits per heavy atom. The van der Waals surface area contributed by atoms with Crippen molar-refractivity contribution in [2.75, 3.05) is 44.7 Å². The predicted octanol–water partition coefficient (Wildman–Crippen LogP) is 4.36. The lowest BCUT2D eigenvalue weighted by molar-refractivity contribution is 0.0503. The molecule has 2 aromatic carbocycles. The fourth-order valence-corrected chi connectivity index (χ4v) is 4.41. The van der Waals surface area contributed by atoms with Crippen molar-refractivity contribution in [3.05, 3.63) is 52.0 Å². The van der Waals surface area contributed by atoms with Gasteiger partial charge >= 0.3 is 0 Å². The molecular weight excluding hydrogens is 492 g/mol. The number of nitrogens with one attached hydrogen (secondary N) is 3. The summed E-state index contributed by atoms with van der Waals surface area (Å²) in [6.07, 6.45) is 0. The van der Waals surface area contributed by atoms with Gasteiger partial charge in [-0.2, -0.15) is 5.48 Å². The molecule has 0 spiro atoms. The van der Waals surface area contributed by atoms with Gasteiger partial charge in [-0.3, -0.25) is 25.5 Å². The Morgan fingerprint density at radius 3 is 2.32 bits per heavy atom. The van der Waals surface area contributed by atoms with Crippen molar-refractivity contribution in [1.82, 2.24) is 15.3 Å². The summed E-state index contributed by atoms with van der Waals surface area (Å²) in [7, 11) is 2.12. The Morgan fingerprint density at radius 1 is 1.05 bits per heavy atom. The molecule has 37 heavy (non-hydrogen) atoms. The van der Waals surface area contributed by atoms with Crippen molar-refractivity contribution >= 4 is 29.0 Å². The van der Waals surface area contributed by atoms with E-state index < -0.39 is 0 Å². The van der Waals surface area contributed by atoms with Crippen LogP contribution in [-0.2, 0) is 11.4 Å². The minimum absolute atomic E-state index is 0.0143. The Hall–Kier alpha value is -2.69. The van der Waals surface area contributed by atoms with E-state index in [1.807, 2.05) is 39.8 Å². The summed E-state index contributed by atoms with van der Waals surface area (Å²) in [6, 6.07) is 8.38. The quantitative estimate of drug-likeness (QED) is 0.186. The highest BCUT2D eigenvalue weighted by Crippen LogP contribution is 2.34. The van der Waals surface area contributed by atoms with Crippen molar-refractivity contribution in [2.45, 2.75) is 46.2 Å². The first-order valence-corrected chi connectivity index (χ1v) is 12.9. The van der Waals surface area contributed by atoms with E-state index in [9.17, 15) is 10.2 Å². The van der Waals surface area contributed by atoms with E-state index in [-0.39, 0.29) is 47.3 Å². The Kier molecular flexibility index (Phi) is 9.92. The molecule has 2 aromatic rings. The number of hydrogen-bond acceptors (Lipinski definition) is 8. The highest BCUT2D eigenvalue weighted by molar-refractivity contribution is 6.32. The molecule has 0 saturated carbocycles. The number of phenolic OH excluding ortho intramolecular Hbond substituents is 2. The van der Waals surface area contributed by atoms with Crippen LogP contribution < -0.4 is 10.4 Å². The standard InChI is InChI=1S/C27H39ClN6O3/c1-17(2)21-13-22(25(36)14-24(21)35)27(30)34(26(29)16-37-31-18(3)4)20-7-6-19(23(28)12-20)15-33-10-8-32(5)9-11-33/h6-7,12-14,17-18,29-31,35-36H,8-11,15-16H2,1-5H3. The SMILES string of the molecule is CC(C)NOCC(=N)N(C(=N)c1cc(C(C)C)c(O)cc1O)c1ccc(CN2CCN(C)CC2)c(Cl)c1. The summed E-state index contributed by atoms with van der Waals surface area (Å²) in [5.41, 5.74) is 5.09. The van der Waals surface area contributed by atoms with E-state index in [1.165, 1.54) is 11.0 Å². The average molecular weight is 531 g/mol. The Labute approximate surface area is 224 Å². The van der Waals surface area contributed by atoms with Crippen molar-refractivity contribution in [3.8, 4) is 11.5 Å². The number of hydrogen-bond donors (Lipinski definition) is 5. The molecule has 3 rings (SSSR count). The molecule has 1 aliphatic heterocycles. The zero-order chi connectivity index (χ0) is 27.3. The van der Waals surface area contributed by atoms with Crippen LogP contribution >= 0.6 is 11.6 Å². The second kappa shape index (κ2) is 12.7. The van der Waals surface area contributed by atoms with E-state index in [2.05, 4.69) is 22.3 Å². The summed E-state index contributed by atoms with van der Waals surface area (Å²) >= 11 is 6.71. The molecule has 0 amide bonds. The number of likely N-dealkylation sites (N-methyl/N-ethyl adjacent to an activating group) is 1. The average Bonchev–Trinajstić information content (AvgIpc) is 2.81. The van der Waals surface area contributed by atoms with Crippen molar-refractivity contribution in [3.63, 3.8) is 0 Å². The van der Waals surface area contributed by atoms with Gasteiger partial charge in [0.25, 0.3) is 0 Å². The van der Waals surface area contributed by atoms with Gasteiger partial charge in [0.15, 0.2) is 0 Å². The number of benzene rings is 2. The number of phenols is 2. The van der Waals surface area contributed by atoms with Crippen LogP contribution in [-0.4, -0.2) is 77.6 Å². The van der Waals surface area contributed by atoms with Gasteiger partial charge in [0, 0.05) is 49.9 Å². The highest BCUT2D eigenvalue weighted by Gasteiger charge is 2.25. The molecule has 202 valence electrons. The van der Waals surface area contributed by atoms with E-state index in [4.69, 9.17) is 27.3 Å². The molecule has 0 radical (unpaired) electrons. The van der Waals surface area contributed by atoms with Gasteiger partial charge in [-0.25, -0.2) is 0 Å². The zero-order valence-corrected chi connectivity index (χ0v) is 23.1. The number of rotatable bonds is 9. The molecule has 1 heterocycles. The van der Waals surface area contributed by atoms with Crippen molar-refractivity contribution in [2.24, 2.45) is 0 Å². The Balaban J connectivity index is 1.93. The van der Waals surface area contributed by atoms with Crippen LogP contribution in [0.1, 0.15) is 50.3 Å². The van der Waals surface area contributed by atoms with E-state index in [0.717, 1.165) is 38.3 Å². The molecule has 1 aliphatic rings. The summed E-state index contributed by atoms with van der Waals surface area (Å²) in [6.45, 7) is 12.2. The summed E-state index contributed by atoms with van der Waals surface area (Å²) in [5.74, 6) is -0.447. The van der Waals surface area contributed by atoms with Gasteiger partial charge in [-0.15, -0.1) is 0 Å². The molecule has 1 fully saturated rings. The minimum atomic E-state index is -0.247. The molecular formula is C27H39ClN6O3. The maximum Gasteiger partial charge on any atom is 0.142 e. The third-order valence-corrected chi connectivity index (χ3v) is 6.68. The van der Waals surface area contributed by atoms with Gasteiger partial charge in [-0.1, -0.05) is 31.5 Å². The van der Waals surface area contributed by atoms with Gasteiger partial charge in [0.05, 0.1) is 11.3 Å². The van der Waals surface area contributed by atoms with E-state index >= 15 is 0 Å². The predicted molar refractivity (Wildman–Crippen MR) is 149 cm³/mol. The van der Waals surface area contributed by atoms with Crippen molar-refractivity contribution < 1.29 is 15.1 Å². The van der Waals surface area contributed by atoms with Crippen LogP contribution in [0.5, 0.6) is 11.5 Å². The lowest BCUT2D eigenvalue weighted by atomic mass is 9.98. The molecule has 0 unspecified atom stereocenters. The number of piperazine rings is 1. The maximum absolute atomic E-state index is 10.6. The summed E-state index contributed by atoms with van der Waals surface area (Å²) in [5, 5.41) is 39.2. The molecule has 1 saturated heterocycles. The molecule has 5 N–H and O–H groups in total. The molecule has 0 aliphatic carbocycles. The van der Waals surface area contributed by atoms with Crippen LogP contribution in [0.25, 0.3) is 0 Å². The van der Waals surface area contributed by atoms with Gasteiger partial charge < -0.3 is 15.1 Å². The molecule has 9 nitrogen and oxygen atoms in total. The number of nitrogens with zero attached hydrogens (tertiary/aromatic N) is 3. The van der Waals surface area contributed by atoms with Crippen LogP contribution in [0, 0.1) is 10.8 Å². The van der Waals surface area contributed by atoms with Crippen LogP contribution in [0.3, 0.4) is 0 Å². The van der Waals surface area contributed by atoms with Crippen LogP contribution in [0.15, 0.2) is 30.3 Å². The van der Waals surface area contributed by atoms with Crippen LogP contribution in [0.2, 0.25) is 5.02 Å². The fourth-order valence-electron chi connectivity index (χ4n) is 4.18. The largest absolute Gasteiger partial charge is 0.508 e. The van der Waals surface area contributed by atoms with E-state index in [1.54, 1.807) is 12.1 Å². The minimum Gasteiger partial charge on any atom is -0.508 e. The number of aromatic hydroxyl groups is 2. The first-order chi connectivity index (χ1) is 17.5. The monoisotopic (exact) mass is 530 g/mol. The number of hydroxylamine groups is 1. The summed E-state index contributed by atoms with van der Waals surface area (Å²) in [4.78, 5) is 11.5. The second-order valence-electron chi connectivity index (χ2n) is 10.1. The lowest BCUT2D eigenvalue weighted by Crippen LogP contribution is -2.44. The first kappa shape index (κ1) is 28.9. The lowest BCUT2D eigenvalue weighted by Gasteiger charge is -2.32. The van der Waals surface area contributed by atoms with E-state index in [0.29, 0.717) is 16.3 Å². The first-order valence-electron chi connectivity index (χ1n) is 12.6. The smallest absolute Gasteiger partial charge is 0.142 e. The summed E-state index contributed by atoms with van der Waals surface area (Å²) < 4.78 is 0. The topological polar surface area (TPSA) is 119 Å². The van der Waals surface area contributed by atoms with Crippen molar-refractivity contribution in [1.29, 1.82) is 10.8 Å². The Bertz CT molecular complexity index is 1120. The number of halogens is 1. The molecule has 10 heteroatoms. The third-order valence-electron chi connectivity index (χ3n) is 6.33. The fraction of sp³-hybridized carbons (Fsp3) is 0.481. The van der Waals surface area contributed by atoms with Gasteiger partial charge in [-0.05, 0) is 56.1 Å². The van der Waals surface area contributed by atoms with Gasteiger partial charge in [0.1, 0.15) is 29.8 Å². The van der Waals surface area contributed by atoms with Gasteiger partial charge in [0.2, 0.25) is 0 Å². The molecule has 0 atom stereocenters. The number of amidine groups is 2. The highest BCUT2D eigenvalue weighted by atomic mass is 35.5. The zero-order valence-electron chi connectivity index (χ0n) is 22.3. The normalized spacial score (nSPS) is 14.9. The molecule has 0 aromatic heterocycles. The third kappa shape index (κ3) is 7.43.